The van der Waals surface area contributed by atoms with Gasteiger partial charge in [0.05, 0.1) is 6.54 Å². The van der Waals surface area contributed by atoms with Crippen LogP contribution in [0.4, 0.5) is 0 Å². The van der Waals surface area contributed by atoms with Crippen LogP contribution in [-0.4, -0.2) is 16.6 Å². The molecule has 0 unspecified atom stereocenters. The van der Waals surface area contributed by atoms with E-state index in [1.807, 2.05) is 12.1 Å². The van der Waals surface area contributed by atoms with Gasteiger partial charge in [-0.15, -0.1) is 0 Å². The van der Waals surface area contributed by atoms with Crippen molar-refractivity contribution in [3.05, 3.63) is 46.0 Å². The van der Waals surface area contributed by atoms with Crippen LogP contribution in [-0.2, 0) is 18.7 Å². The van der Waals surface area contributed by atoms with Crippen LogP contribution >= 0.6 is 11.3 Å². The van der Waals surface area contributed by atoms with E-state index in [0.717, 1.165) is 63.3 Å². The van der Waals surface area contributed by atoms with E-state index < -0.39 is 5.60 Å². The molecule has 0 fully saturated rings. The summed E-state index contributed by atoms with van der Waals surface area (Å²) in [6.07, 6.45) is 4.52. The zero-order valence-corrected chi connectivity index (χ0v) is 16.1. The highest BCUT2D eigenvalue weighted by Gasteiger charge is 2.30. The first-order valence-corrected chi connectivity index (χ1v) is 10.1. The maximum Gasteiger partial charge on any atom is 0.135 e. The molecule has 4 heteroatoms. The third-order valence-corrected chi connectivity index (χ3v) is 5.09. The third kappa shape index (κ3) is 5.20. The quantitative estimate of drug-likeness (QED) is 0.578. The zero-order valence-electron chi connectivity index (χ0n) is 15.3. The molecule has 0 aliphatic heterocycles. The van der Waals surface area contributed by atoms with E-state index in [1.54, 1.807) is 11.3 Å². The van der Waals surface area contributed by atoms with E-state index >= 15 is 0 Å². The first-order valence-electron chi connectivity index (χ1n) is 9.16. The van der Waals surface area contributed by atoms with Gasteiger partial charge in [0.25, 0.3) is 0 Å². The Kier molecular flexibility index (Phi) is 7.53. The molecule has 134 valence electrons. The number of furan rings is 1. The molecular weight excluding hydrogens is 318 g/mol. The van der Waals surface area contributed by atoms with Gasteiger partial charge in [-0.3, -0.25) is 4.90 Å². The Morgan fingerprint density at radius 1 is 1.04 bits per heavy atom. The van der Waals surface area contributed by atoms with Crippen molar-refractivity contribution in [1.29, 1.82) is 0 Å². The predicted molar refractivity (Wildman–Crippen MR) is 101 cm³/mol. The summed E-state index contributed by atoms with van der Waals surface area (Å²) < 4.78 is 6.06. The van der Waals surface area contributed by atoms with Crippen LogP contribution in [0.5, 0.6) is 0 Å². The van der Waals surface area contributed by atoms with Crippen LogP contribution in [0, 0.1) is 0 Å². The summed E-state index contributed by atoms with van der Waals surface area (Å²) in [5, 5.41) is 15.3. The first kappa shape index (κ1) is 19.2. The van der Waals surface area contributed by atoms with Crippen molar-refractivity contribution in [2.45, 2.75) is 71.6 Å². The molecule has 0 saturated heterocycles. The summed E-state index contributed by atoms with van der Waals surface area (Å²) in [7, 11) is 0. The lowest BCUT2D eigenvalue weighted by Gasteiger charge is -2.25. The SMILES string of the molecule is CCCN(Cc1ccsc1)Cc1ccc(C(O)(CCC)CCC)o1. The Balaban J connectivity index is 2.07. The van der Waals surface area contributed by atoms with Crippen LogP contribution in [0.1, 0.15) is 70.0 Å². The molecule has 24 heavy (non-hydrogen) atoms. The Bertz CT molecular complexity index is 570. The monoisotopic (exact) mass is 349 g/mol. The number of nitrogens with zero attached hydrogens (tertiary/aromatic N) is 1. The van der Waals surface area contributed by atoms with Crippen molar-refractivity contribution in [3.63, 3.8) is 0 Å². The molecule has 0 atom stereocenters. The van der Waals surface area contributed by atoms with E-state index in [2.05, 4.69) is 42.5 Å². The Labute approximate surface area is 150 Å². The van der Waals surface area contributed by atoms with Crippen molar-refractivity contribution in [2.75, 3.05) is 6.54 Å². The lowest BCUT2D eigenvalue weighted by molar-refractivity contribution is -0.00520. The molecule has 0 bridgehead atoms. The average Bonchev–Trinajstić information content (AvgIpc) is 3.20. The number of thiophene rings is 1. The van der Waals surface area contributed by atoms with E-state index in [4.69, 9.17) is 4.42 Å². The maximum absolute atomic E-state index is 10.9. The van der Waals surface area contributed by atoms with Crippen molar-refractivity contribution in [2.24, 2.45) is 0 Å². The molecule has 0 aromatic carbocycles. The van der Waals surface area contributed by atoms with Crippen LogP contribution in [0.25, 0.3) is 0 Å². The van der Waals surface area contributed by atoms with Crippen molar-refractivity contribution in [1.82, 2.24) is 4.90 Å². The third-order valence-electron chi connectivity index (χ3n) is 4.35. The fraction of sp³-hybridized carbons (Fsp3) is 0.600. The highest BCUT2D eigenvalue weighted by Crippen LogP contribution is 2.33. The molecule has 0 amide bonds. The molecule has 1 N–H and O–H groups in total. The minimum Gasteiger partial charge on any atom is -0.462 e. The standard InChI is InChI=1S/C20H31NO2S/c1-4-10-20(22,11-5-2)19-8-7-18(23-19)15-21(12-6-3)14-17-9-13-24-16-17/h7-9,13,16,22H,4-6,10-12,14-15H2,1-3H3. The first-order chi connectivity index (χ1) is 11.6. The average molecular weight is 350 g/mol. The molecule has 0 aliphatic carbocycles. The van der Waals surface area contributed by atoms with Gasteiger partial charge in [-0.25, -0.2) is 0 Å². The van der Waals surface area contributed by atoms with Gasteiger partial charge in [-0.05, 0) is 60.3 Å². The lowest BCUT2D eigenvalue weighted by atomic mass is 9.90. The summed E-state index contributed by atoms with van der Waals surface area (Å²) in [5.74, 6) is 1.67. The maximum atomic E-state index is 10.9. The summed E-state index contributed by atoms with van der Waals surface area (Å²) >= 11 is 1.74. The van der Waals surface area contributed by atoms with Crippen LogP contribution < -0.4 is 0 Å². The summed E-state index contributed by atoms with van der Waals surface area (Å²) in [6.45, 7) is 9.19. The number of hydrogen-bond acceptors (Lipinski definition) is 4. The molecule has 2 heterocycles. The molecule has 0 aliphatic rings. The Morgan fingerprint density at radius 3 is 2.38 bits per heavy atom. The van der Waals surface area contributed by atoms with Gasteiger partial charge in [-0.2, -0.15) is 11.3 Å². The topological polar surface area (TPSA) is 36.6 Å². The second-order valence-corrected chi connectivity index (χ2v) is 7.42. The second-order valence-electron chi connectivity index (χ2n) is 6.64. The highest BCUT2D eigenvalue weighted by atomic mass is 32.1. The fourth-order valence-electron chi connectivity index (χ4n) is 3.30. The fourth-order valence-corrected chi connectivity index (χ4v) is 3.96. The predicted octanol–water partition coefficient (Wildman–Crippen LogP) is 5.54. The van der Waals surface area contributed by atoms with E-state index in [1.165, 1.54) is 5.56 Å². The van der Waals surface area contributed by atoms with Gasteiger partial charge in [0.1, 0.15) is 17.1 Å². The highest BCUT2D eigenvalue weighted by molar-refractivity contribution is 7.07. The van der Waals surface area contributed by atoms with Crippen molar-refractivity contribution < 1.29 is 9.52 Å². The van der Waals surface area contributed by atoms with Gasteiger partial charge in [0.2, 0.25) is 0 Å². The summed E-state index contributed by atoms with van der Waals surface area (Å²) in [4.78, 5) is 2.41. The number of hydrogen-bond donors (Lipinski definition) is 1. The molecule has 0 radical (unpaired) electrons. The minimum atomic E-state index is -0.815. The summed E-state index contributed by atoms with van der Waals surface area (Å²) in [6, 6.07) is 6.18. The molecule has 2 rings (SSSR count). The van der Waals surface area contributed by atoms with Crippen LogP contribution in [0.3, 0.4) is 0 Å². The van der Waals surface area contributed by atoms with Gasteiger partial charge >= 0.3 is 0 Å². The zero-order chi connectivity index (χ0) is 17.4. The van der Waals surface area contributed by atoms with Crippen LogP contribution in [0.15, 0.2) is 33.4 Å². The molecule has 3 nitrogen and oxygen atoms in total. The number of rotatable bonds is 11. The normalized spacial score (nSPS) is 12.2. The smallest absolute Gasteiger partial charge is 0.135 e. The van der Waals surface area contributed by atoms with Gasteiger partial charge < -0.3 is 9.52 Å². The van der Waals surface area contributed by atoms with Gasteiger partial charge in [0.15, 0.2) is 0 Å². The molecule has 0 spiro atoms. The molecular formula is C20H31NO2S. The van der Waals surface area contributed by atoms with E-state index in [9.17, 15) is 5.11 Å². The second kappa shape index (κ2) is 9.40. The summed E-state index contributed by atoms with van der Waals surface area (Å²) in [5.41, 5.74) is 0.540. The van der Waals surface area contributed by atoms with E-state index in [0.29, 0.717) is 0 Å². The van der Waals surface area contributed by atoms with E-state index in [-0.39, 0.29) is 0 Å². The molecule has 2 aromatic rings. The largest absolute Gasteiger partial charge is 0.462 e. The van der Waals surface area contributed by atoms with Gasteiger partial charge in [-0.1, -0.05) is 33.6 Å². The lowest BCUT2D eigenvalue weighted by Crippen LogP contribution is -2.25. The van der Waals surface area contributed by atoms with Gasteiger partial charge in [0, 0.05) is 6.54 Å². The minimum absolute atomic E-state index is 0.730. The number of aliphatic hydroxyl groups is 1. The van der Waals surface area contributed by atoms with Crippen molar-refractivity contribution in [3.8, 4) is 0 Å². The van der Waals surface area contributed by atoms with Crippen molar-refractivity contribution >= 4 is 11.3 Å². The Hall–Kier alpha value is -1.10. The Morgan fingerprint density at radius 2 is 1.79 bits per heavy atom. The van der Waals surface area contributed by atoms with Crippen LogP contribution in [0.2, 0.25) is 0 Å². The molecule has 0 saturated carbocycles. The molecule has 2 aromatic heterocycles.